The summed E-state index contributed by atoms with van der Waals surface area (Å²) in [6, 6.07) is 15.8. The lowest BCUT2D eigenvalue weighted by Crippen LogP contribution is -2.14. The molecule has 0 saturated heterocycles. The molecule has 0 aliphatic rings. The normalized spacial score (nSPS) is 10.6. The fraction of sp³-hybridized carbons (Fsp3) is 0.235. The van der Waals surface area contributed by atoms with Crippen LogP contribution in [-0.4, -0.2) is 5.91 Å². The van der Waals surface area contributed by atoms with Gasteiger partial charge in [0, 0.05) is 10.2 Å². The second kappa shape index (κ2) is 6.71. The SMILES string of the molecule is CC(C)c1cccc(NC(=O)Cc2ccc(Br)cc2)c1. The number of rotatable bonds is 4. The van der Waals surface area contributed by atoms with Crippen LogP contribution in [0.25, 0.3) is 0 Å². The van der Waals surface area contributed by atoms with Crippen molar-refractivity contribution in [3.05, 3.63) is 64.1 Å². The zero-order valence-electron chi connectivity index (χ0n) is 11.7. The van der Waals surface area contributed by atoms with Crippen molar-refractivity contribution < 1.29 is 4.79 Å². The largest absolute Gasteiger partial charge is 0.326 e. The van der Waals surface area contributed by atoms with Crippen LogP contribution in [0.15, 0.2) is 53.0 Å². The van der Waals surface area contributed by atoms with E-state index in [1.165, 1.54) is 5.56 Å². The second-order valence-electron chi connectivity index (χ2n) is 5.13. The fourth-order valence-electron chi connectivity index (χ4n) is 1.97. The van der Waals surface area contributed by atoms with Gasteiger partial charge in [0.1, 0.15) is 0 Å². The third kappa shape index (κ3) is 4.20. The highest BCUT2D eigenvalue weighted by molar-refractivity contribution is 9.10. The van der Waals surface area contributed by atoms with Gasteiger partial charge < -0.3 is 5.32 Å². The van der Waals surface area contributed by atoms with Gasteiger partial charge in [-0.2, -0.15) is 0 Å². The molecule has 0 saturated carbocycles. The van der Waals surface area contributed by atoms with Crippen LogP contribution in [0, 0.1) is 0 Å². The van der Waals surface area contributed by atoms with Crippen LogP contribution in [0.4, 0.5) is 5.69 Å². The van der Waals surface area contributed by atoms with Crippen molar-refractivity contribution >= 4 is 27.5 Å². The number of nitrogens with one attached hydrogen (secondary N) is 1. The standard InChI is InChI=1S/C17H18BrNO/c1-12(2)14-4-3-5-16(11-14)19-17(20)10-13-6-8-15(18)9-7-13/h3-9,11-12H,10H2,1-2H3,(H,19,20). The zero-order valence-corrected chi connectivity index (χ0v) is 13.3. The van der Waals surface area contributed by atoms with Gasteiger partial charge in [0.05, 0.1) is 6.42 Å². The van der Waals surface area contributed by atoms with E-state index in [0.29, 0.717) is 12.3 Å². The highest BCUT2D eigenvalue weighted by Gasteiger charge is 2.06. The van der Waals surface area contributed by atoms with Crippen molar-refractivity contribution in [2.45, 2.75) is 26.2 Å². The number of hydrogen-bond acceptors (Lipinski definition) is 1. The van der Waals surface area contributed by atoms with Gasteiger partial charge in [-0.05, 0) is 41.3 Å². The van der Waals surface area contributed by atoms with Crippen molar-refractivity contribution in [2.75, 3.05) is 5.32 Å². The van der Waals surface area contributed by atoms with Crippen LogP contribution in [0.2, 0.25) is 0 Å². The lowest BCUT2D eigenvalue weighted by molar-refractivity contribution is -0.115. The van der Waals surface area contributed by atoms with E-state index in [1.807, 2.05) is 42.5 Å². The Morgan fingerprint density at radius 3 is 2.50 bits per heavy atom. The van der Waals surface area contributed by atoms with Gasteiger partial charge >= 0.3 is 0 Å². The van der Waals surface area contributed by atoms with Gasteiger partial charge in [0.25, 0.3) is 0 Å². The molecule has 2 aromatic carbocycles. The monoisotopic (exact) mass is 331 g/mol. The molecule has 0 heterocycles. The molecule has 0 aliphatic heterocycles. The predicted molar refractivity (Wildman–Crippen MR) is 87.0 cm³/mol. The number of carbonyl (C=O) groups is 1. The van der Waals surface area contributed by atoms with E-state index in [-0.39, 0.29) is 5.91 Å². The van der Waals surface area contributed by atoms with Crippen LogP contribution in [0.3, 0.4) is 0 Å². The lowest BCUT2D eigenvalue weighted by Gasteiger charge is -2.09. The Labute approximate surface area is 128 Å². The molecule has 1 amide bonds. The van der Waals surface area contributed by atoms with Gasteiger partial charge in [-0.3, -0.25) is 4.79 Å². The number of hydrogen-bond donors (Lipinski definition) is 1. The van der Waals surface area contributed by atoms with E-state index in [4.69, 9.17) is 0 Å². The van der Waals surface area contributed by atoms with E-state index < -0.39 is 0 Å². The summed E-state index contributed by atoms with van der Waals surface area (Å²) in [7, 11) is 0. The first-order valence-corrected chi connectivity index (χ1v) is 7.48. The molecular formula is C17H18BrNO. The van der Waals surface area contributed by atoms with Crippen molar-refractivity contribution in [3.63, 3.8) is 0 Å². The Morgan fingerprint density at radius 2 is 1.85 bits per heavy atom. The van der Waals surface area contributed by atoms with Crippen LogP contribution in [0.5, 0.6) is 0 Å². The van der Waals surface area contributed by atoms with Gasteiger partial charge in [-0.1, -0.05) is 54.0 Å². The summed E-state index contributed by atoms with van der Waals surface area (Å²) in [6.07, 6.45) is 0.388. The van der Waals surface area contributed by atoms with Crippen molar-refractivity contribution in [3.8, 4) is 0 Å². The van der Waals surface area contributed by atoms with Crippen LogP contribution in [-0.2, 0) is 11.2 Å². The molecule has 2 aromatic rings. The maximum Gasteiger partial charge on any atom is 0.228 e. The van der Waals surface area contributed by atoms with E-state index in [1.54, 1.807) is 0 Å². The average molecular weight is 332 g/mol. The first kappa shape index (κ1) is 14.8. The molecule has 3 heteroatoms. The van der Waals surface area contributed by atoms with Crippen molar-refractivity contribution in [1.82, 2.24) is 0 Å². The summed E-state index contributed by atoms with van der Waals surface area (Å²) in [5.74, 6) is 0.464. The number of halogens is 1. The van der Waals surface area contributed by atoms with Gasteiger partial charge in [0.15, 0.2) is 0 Å². The second-order valence-corrected chi connectivity index (χ2v) is 6.05. The molecule has 0 fully saturated rings. The van der Waals surface area contributed by atoms with Crippen molar-refractivity contribution in [2.24, 2.45) is 0 Å². The molecular weight excluding hydrogens is 314 g/mol. The maximum atomic E-state index is 12.0. The molecule has 0 aliphatic carbocycles. The minimum atomic E-state index is 0.00762. The van der Waals surface area contributed by atoms with Gasteiger partial charge in [0.2, 0.25) is 5.91 Å². The summed E-state index contributed by atoms with van der Waals surface area (Å²) >= 11 is 3.39. The Hall–Kier alpha value is -1.61. The summed E-state index contributed by atoms with van der Waals surface area (Å²) in [5, 5.41) is 2.95. The quantitative estimate of drug-likeness (QED) is 0.860. The molecule has 20 heavy (non-hydrogen) atoms. The minimum absolute atomic E-state index is 0.00762. The smallest absolute Gasteiger partial charge is 0.228 e. The molecule has 0 spiro atoms. The Kier molecular flexibility index (Phi) is 4.96. The molecule has 104 valence electrons. The highest BCUT2D eigenvalue weighted by Crippen LogP contribution is 2.19. The summed E-state index contributed by atoms with van der Waals surface area (Å²) in [6.45, 7) is 4.28. The third-order valence-corrected chi connectivity index (χ3v) is 3.64. The average Bonchev–Trinajstić information content (AvgIpc) is 2.41. The summed E-state index contributed by atoms with van der Waals surface area (Å²) < 4.78 is 1.02. The number of anilines is 1. The molecule has 0 atom stereocenters. The van der Waals surface area contributed by atoms with E-state index >= 15 is 0 Å². The summed E-state index contributed by atoms with van der Waals surface area (Å²) in [5.41, 5.74) is 3.09. The maximum absolute atomic E-state index is 12.0. The topological polar surface area (TPSA) is 29.1 Å². The first-order valence-electron chi connectivity index (χ1n) is 6.69. The van der Waals surface area contributed by atoms with Gasteiger partial charge in [-0.25, -0.2) is 0 Å². The molecule has 0 aromatic heterocycles. The predicted octanol–water partition coefficient (Wildman–Crippen LogP) is 4.75. The third-order valence-electron chi connectivity index (χ3n) is 3.11. The Balaban J connectivity index is 2.01. The number of benzene rings is 2. The van der Waals surface area contributed by atoms with Crippen LogP contribution in [0.1, 0.15) is 30.9 Å². The molecule has 2 rings (SSSR count). The fourth-order valence-corrected chi connectivity index (χ4v) is 2.23. The first-order chi connectivity index (χ1) is 9.54. The Morgan fingerprint density at radius 1 is 1.15 bits per heavy atom. The zero-order chi connectivity index (χ0) is 14.5. The van der Waals surface area contributed by atoms with Crippen molar-refractivity contribution in [1.29, 1.82) is 0 Å². The minimum Gasteiger partial charge on any atom is -0.326 e. The van der Waals surface area contributed by atoms with E-state index in [9.17, 15) is 4.79 Å². The number of amides is 1. The molecule has 2 nitrogen and oxygen atoms in total. The molecule has 0 radical (unpaired) electrons. The lowest BCUT2D eigenvalue weighted by atomic mass is 10.0. The Bertz CT molecular complexity index is 590. The van der Waals surface area contributed by atoms with E-state index in [0.717, 1.165) is 15.7 Å². The molecule has 1 N–H and O–H groups in total. The molecule has 0 unspecified atom stereocenters. The number of carbonyl (C=O) groups excluding carboxylic acids is 1. The summed E-state index contributed by atoms with van der Waals surface area (Å²) in [4.78, 5) is 12.0. The molecule has 0 bridgehead atoms. The van der Waals surface area contributed by atoms with E-state index in [2.05, 4.69) is 41.2 Å². The van der Waals surface area contributed by atoms with Gasteiger partial charge in [-0.15, -0.1) is 0 Å². The highest BCUT2D eigenvalue weighted by atomic mass is 79.9. The van der Waals surface area contributed by atoms with Crippen LogP contribution < -0.4 is 5.32 Å². The van der Waals surface area contributed by atoms with Crippen LogP contribution >= 0.6 is 15.9 Å².